The van der Waals surface area contributed by atoms with Gasteiger partial charge in [0.15, 0.2) is 5.16 Å². The molecule has 1 aromatic carbocycles. The second kappa shape index (κ2) is 6.93. The number of benzene rings is 1. The van der Waals surface area contributed by atoms with Gasteiger partial charge in [-0.3, -0.25) is 0 Å². The van der Waals surface area contributed by atoms with Crippen molar-refractivity contribution in [1.29, 1.82) is 0 Å². The molecule has 1 aromatic heterocycles. The van der Waals surface area contributed by atoms with Crippen LogP contribution in [0.3, 0.4) is 0 Å². The first-order valence-electron chi connectivity index (χ1n) is 8.65. The molecule has 0 fully saturated rings. The molecule has 0 bridgehead atoms. The third-order valence-electron chi connectivity index (χ3n) is 4.49. The quantitative estimate of drug-likeness (QED) is 0.710. The zero-order valence-corrected chi connectivity index (χ0v) is 18.1. The van der Waals surface area contributed by atoms with Crippen LogP contribution < -0.4 is 0 Å². The molecule has 0 saturated carbocycles. The molecule has 2 aromatic rings. The molecule has 1 aliphatic heterocycles. The van der Waals surface area contributed by atoms with Gasteiger partial charge in [-0.25, -0.2) is 9.66 Å². The van der Waals surface area contributed by atoms with Gasteiger partial charge in [0.05, 0.1) is 11.0 Å². The Bertz CT molecular complexity index is 808. The van der Waals surface area contributed by atoms with Crippen LogP contribution in [0.5, 0.6) is 5.75 Å². The van der Waals surface area contributed by atoms with E-state index in [9.17, 15) is 5.11 Å². The highest BCUT2D eigenvalue weighted by molar-refractivity contribution is 8.00. The van der Waals surface area contributed by atoms with E-state index >= 15 is 0 Å². The van der Waals surface area contributed by atoms with Crippen LogP contribution in [-0.4, -0.2) is 25.7 Å². The Balaban J connectivity index is 0.00000243. The van der Waals surface area contributed by atoms with Gasteiger partial charge in [-0.15, -0.1) is 12.4 Å². The Labute approximate surface area is 166 Å². The van der Waals surface area contributed by atoms with Crippen molar-refractivity contribution in [1.82, 2.24) is 9.66 Å². The van der Waals surface area contributed by atoms with E-state index in [1.54, 1.807) is 18.0 Å². The van der Waals surface area contributed by atoms with Gasteiger partial charge in [0.1, 0.15) is 5.75 Å². The lowest BCUT2D eigenvalue weighted by atomic mass is 9.78. The van der Waals surface area contributed by atoms with Crippen molar-refractivity contribution < 1.29 is 5.11 Å². The van der Waals surface area contributed by atoms with Gasteiger partial charge in [-0.2, -0.15) is 5.10 Å². The lowest BCUT2D eigenvalue weighted by Gasteiger charge is -2.29. The second-order valence-corrected chi connectivity index (χ2v) is 10.0. The molecule has 6 heteroatoms. The minimum Gasteiger partial charge on any atom is -0.507 e. The summed E-state index contributed by atoms with van der Waals surface area (Å²) < 4.78 is 1.83. The van der Waals surface area contributed by atoms with Crippen molar-refractivity contribution in [3.8, 4) is 5.75 Å². The summed E-state index contributed by atoms with van der Waals surface area (Å²) in [4.78, 5) is 4.34. The van der Waals surface area contributed by atoms with Gasteiger partial charge < -0.3 is 5.11 Å². The molecule has 1 aliphatic rings. The third kappa shape index (κ3) is 3.79. The summed E-state index contributed by atoms with van der Waals surface area (Å²) in [6.45, 7) is 14.9. The summed E-state index contributed by atoms with van der Waals surface area (Å²) in [5, 5.41) is 16.8. The molecule has 0 saturated heterocycles. The predicted octanol–water partition coefficient (Wildman–Crippen LogP) is 5.35. The molecule has 26 heavy (non-hydrogen) atoms. The van der Waals surface area contributed by atoms with Crippen LogP contribution in [0.1, 0.15) is 65.2 Å². The zero-order chi connectivity index (χ0) is 18.6. The van der Waals surface area contributed by atoms with E-state index in [1.165, 1.54) is 0 Å². The molecule has 1 atom stereocenters. The summed E-state index contributed by atoms with van der Waals surface area (Å²) in [6.07, 6.45) is 3.66. The summed E-state index contributed by atoms with van der Waals surface area (Å²) in [5.41, 5.74) is 3.73. The Hall–Kier alpha value is -1.46. The Morgan fingerprint density at radius 3 is 2.08 bits per heavy atom. The van der Waals surface area contributed by atoms with Gasteiger partial charge in [-0.1, -0.05) is 53.3 Å². The molecule has 1 unspecified atom stereocenters. The monoisotopic (exact) mass is 393 g/mol. The van der Waals surface area contributed by atoms with E-state index in [4.69, 9.17) is 5.10 Å². The number of phenolic OH excluding ortho intramolecular Hbond substituents is 1. The van der Waals surface area contributed by atoms with Gasteiger partial charge in [0.25, 0.3) is 0 Å². The molecule has 142 valence electrons. The van der Waals surface area contributed by atoms with Crippen molar-refractivity contribution in [3.63, 3.8) is 0 Å². The van der Waals surface area contributed by atoms with E-state index in [0.717, 1.165) is 27.6 Å². The number of hydrogen-bond acceptors (Lipinski definition) is 4. The molecular formula is C20H28ClN3OS. The molecule has 1 N–H and O–H groups in total. The first kappa shape index (κ1) is 20.8. The van der Waals surface area contributed by atoms with E-state index in [1.807, 2.05) is 10.9 Å². The van der Waals surface area contributed by atoms with Crippen LogP contribution in [-0.2, 0) is 10.8 Å². The molecule has 2 heterocycles. The van der Waals surface area contributed by atoms with Crippen LogP contribution in [0, 0.1) is 0 Å². The van der Waals surface area contributed by atoms with Crippen LogP contribution in [0.4, 0.5) is 0 Å². The van der Waals surface area contributed by atoms with Crippen LogP contribution in [0.15, 0.2) is 34.8 Å². The third-order valence-corrected chi connectivity index (χ3v) is 5.57. The predicted molar refractivity (Wildman–Crippen MR) is 112 cm³/mol. The van der Waals surface area contributed by atoms with E-state index in [2.05, 4.69) is 65.6 Å². The number of hydrogen-bond donors (Lipinski definition) is 1. The van der Waals surface area contributed by atoms with Gasteiger partial charge in [0, 0.05) is 23.5 Å². The summed E-state index contributed by atoms with van der Waals surface area (Å²) in [6, 6.07) is 4.20. The fourth-order valence-corrected chi connectivity index (χ4v) is 4.02. The molecule has 4 nitrogen and oxygen atoms in total. The molecular weight excluding hydrogens is 366 g/mol. The van der Waals surface area contributed by atoms with Crippen LogP contribution in [0.2, 0.25) is 0 Å². The first-order valence-corrected chi connectivity index (χ1v) is 9.53. The number of halogens is 1. The van der Waals surface area contributed by atoms with Gasteiger partial charge in [0.2, 0.25) is 0 Å². The number of imidazole rings is 1. The lowest BCUT2D eigenvalue weighted by Crippen LogP contribution is -2.24. The maximum atomic E-state index is 10.9. The van der Waals surface area contributed by atoms with Crippen molar-refractivity contribution in [3.05, 3.63) is 41.2 Å². The minimum absolute atomic E-state index is 0. The van der Waals surface area contributed by atoms with Crippen molar-refractivity contribution in [2.45, 2.75) is 69.7 Å². The smallest absolute Gasteiger partial charge is 0.189 e. The molecule has 0 aliphatic carbocycles. The summed E-state index contributed by atoms with van der Waals surface area (Å²) in [7, 11) is 0. The summed E-state index contributed by atoms with van der Waals surface area (Å²) in [5.74, 6) is 0.406. The van der Waals surface area contributed by atoms with Crippen molar-refractivity contribution >= 4 is 29.9 Å². The fraction of sp³-hybridized carbons (Fsp3) is 0.500. The Morgan fingerprint density at radius 2 is 1.58 bits per heavy atom. The molecule has 0 amide bonds. The van der Waals surface area contributed by atoms with Gasteiger partial charge >= 0.3 is 0 Å². The van der Waals surface area contributed by atoms with Gasteiger partial charge in [-0.05, 0) is 35.4 Å². The minimum atomic E-state index is -0.147. The Kier molecular flexibility index (Phi) is 5.56. The van der Waals surface area contributed by atoms with E-state index in [-0.39, 0.29) is 28.5 Å². The standard InChI is InChI=1S/C20H27N3OS.ClH/c1-12-16(22-23-9-8-21-18(23)25-12)13-10-14(19(2,3)4)17(24)15(11-13)20(5,6)7;/h8-12,24H,1-7H3;1H. The normalized spacial score (nSPS) is 17.3. The van der Waals surface area contributed by atoms with Crippen molar-refractivity contribution in [2.24, 2.45) is 5.10 Å². The maximum absolute atomic E-state index is 10.9. The van der Waals surface area contributed by atoms with Crippen LogP contribution in [0.25, 0.3) is 0 Å². The number of aromatic nitrogens is 2. The zero-order valence-electron chi connectivity index (χ0n) is 16.5. The average Bonchev–Trinajstić information content (AvgIpc) is 2.91. The van der Waals surface area contributed by atoms with E-state index in [0.29, 0.717) is 5.75 Å². The highest BCUT2D eigenvalue weighted by atomic mass is 35.5. The fourth-order valence-electron chi connectivity index (χ4n) is 3.07. The summed E-state index contributed by atoms with van der Waals surface area (Å²) >= 11 is 1.71. The highest BCUT2D eigenvalue weighted by Crippen LogP contribution is 2.41. The first-order chi connectivity index (χ1) is 11.5. The maximum Gasteiger partial charge on any atom is 0.189 e. The number of fused-ring (bicyclic) bond motifs is 1. The number of nitrogens with zero attached hydrogens (tertiary/aromatic N) is 3. The van der Waals surface area contributed by atoms with Crippen molar-refractivity contribution in [2.75, 3.05) is 0 Å². The highest BCUT2D eigenvalue weighted by Gasteiger charge is 2.30. The Morgan fingerprint density at radius 1 is 1.04 bits per heavy atom. The largest absolute Gasteiger partial charge is 0.507 e. The lowest BCUT2D eigenvalue weighted by molar-refractivity contribution is 0.423. The SMILES string of the molecule is CC1Sc2nccn2N=C1c1cc(C(C)(C)C)c(O)c(C(C)(C)C)c1.Cl. The van der Waals surface area contributed by atoms with Crippen LogP contribution >= 0.6 is 24.2 Å². The topological polar surface area (TPSA) is 50.4 Å². The number of aromatic hydroxyl groups is 1. The number of rotatable bonds is 1. The molecule has 3 rings (SSSR count). The molecule has 0 spiro atoms. The number of phenols is 1. The number of thioether (sulfide) groups is 1. The molecule has 0 radical (unpaired) electrons. The second-order valence-electron chi connectivity index (χ2n) is 8.72. The van der Waals surface area contributed by atoms with E-state index < -0.39 is 0 Å². The average molecular weight is 394 g/mol.